The first-order valence-corrected chi connectivity index (χ1v) is 9.33. The molecule has 1 N–H and O–H groups in total. The first-order chi connectivity index (χ1) is 13.0. The predicted octanol–water partition coefficient (Wildman–Crippen LogP) is 4.78. The molecule has 2 rings (SSSR count). The van der Waals surface area contributed by atoms with Crippen molar-refractivity contribution in [3.05, 3.63) is 59.7 Å². The van der Waals surface area contributed by atoms with E-state index in [9.17, 15) is 9.59 Å². The Labute approximate surface area is 160 Å². The van der Waals surface area contributed by atoms with Crippen LogP contribution in [0.25, 0.3) is 0 Å². The van der Waals surface area contributed by atoms with Crippen LogP contribution in [-0.4, -0.2) is 25.1 Å². The number of carbonyl (C=O) groups excluding carboxylic acids is 2. The first-order valence-electron chi connectivity index (χ1n) is 9.33. The topological polar surface area (TPSA) is 64.6 Å². The second-order valence-corrected chi connectivity index (χ2v) is 6.43. The van der Waals surface area contributed by atoms with E-state index in [1.807, 2.05) is 31.2 Å². The van der Waals surface area contributed by atoms with Crippen LogP contribution in [0.4, 0.5) is 5.69 Å². The van der Waals surface area contributed by atoms with Crippen molar-refractivity contribution < 1.29 is 19.1 Å². The predicted molar refractivity (Wildman–Crippen MR) is 106 cm³/mol. The summed E-state index contributed by atoms with van der Waals surface area (Å²) in [5.74, 6) is 0.539. The molecule has 0 spiro atoms. The van der Waals surface area contributed by atoms with Gasteiger partial charge in [-0.2, -0.15) is 0 Å². The van der Waals surface area contributed by atoms with Crippen LogP contribution in [0, 0.1) is 0 Å². The number of hydrogen-bond acceptors (Lipinski definition) is 4. The Morgan fingerprint density at radius 3 is 2.26 bits per heavy atom. The molecule has 1 atom stereocenters. The van der Waals surface area contributed by atoms with Crippen LogP contribution in [0.2, 0.25) is 0 Å². The van der Waals surface area contributed by atoms with E-state index in [0.29, 0.717) is 29.5 Å². The van der Waals surface area contributed by atoms with Crippen molar-refractivity contribution in [3.63, 3.8) is 0 Å². The van der Waals surface area contributed by atoms with Crippen molar-refractivity contribution in [1.29, 1.82) is 0 Å². The Hall–Kier alpha value is -2.82. The van der Waals surface area contributed by atoms with Gasteiger partial charge >= 0.3 is 5.97 Å². The Balaban J connectivity index is 1.82. The van der Waals surface area contributed by atoms with Crippen LogP contribution in [-0.2, 0) is 9.53 Å². The van der Waals surface area contributed by atoms with Crippen LogP contribution < -0.4 is 10.1 Å². The molecule has 0 radical (unpaired) electrons. The monoisotopic (exact) mass is 369 g/mol. The zero-order valence-corrected chi connectivity index (χ0v) is 16.2. The summed E-state index contributed by atoms with van der Waals surface area (Å²) >= 11 is 0. The molecule has 2 aromatic rings. The fourth-order valence-electron chi connectivity index (χ4n) is 2.44. The number of ether oxygens (including phenoxy) is 2. The Kier molecular flexibility index (Phi) is 7.86. The number of hydrogen-bond donors (Lipinski definition) is 1. The molecule has 0 aliphatic heterocycles. The molecule has 0 fully saturated rings. The molecular formula is C22H27NO4. The lowest BCUT2D eigenvalue weighted by atomic mass is 9.99. The molecule has 0 saturated heterocycles. The summed E-state index contributed by atoms with van der Waals surface area (Å²) in [6, 6.07) is 14.4. The average Bonchev–Trinajstić information content (AvgIpc) is 2.70. The summed E-state index contributed by atoms with van der Waals surface area (Å²) in [4.78, 5) is 23.8. The SMILES string of the molecule is CCCOC(=O)c1ccc(NC(=O)COc2ccc([C@@H](C)CC)cc2)cc1. The van der Waals surface area contributed by atoms with E-state index in [0.717, 1.165) is 12.8 Å². The molecule has 0 unspecified atom stereocenters. The first kappa shape index (κ1) is 20.5. The highest BCUT2D eigenvalue weighted by molar-refractivity contribution is 5.93. The van der Waals surface area contributed by atoms with Crippen LogP contribution in [0.5, 0.6) is 5.75 Å². The van der Waals surface area contributed by atoms with E-state index < -0.39 is 0 Å². The second kappa shape index (κ2) is 10.4. The highest BCUT2D eigenvalue weighted by Gasteiger charge is 2.08. The summed E-state index contributed by atoms with van der Waals surface area (Å²) < 4.78 is 10.6. The minimum absolute atomic E-state index is 0.0804. The molecule has 5 heteroatoms. The fourth-order valence-corrected chi connectivity index (χ4v) is 2.44. The summed E-state index contributed by atoms with van der Waals surface area (Å²) in [5, 5.41) is 2.74. The lowest BCUT2D eigenvalue weighted by Crippen LogP contribution is -2.20. The maximum atomic E-state index is 12.0. The van der Waals surface area contributed by atoms with Gasteiger partial charge in [0.05, 0.1) is 12.2 Å². The summed E-state index contributed by atoms with van der Waals surface area (Å²) in [7, 11) is 0. The third-order valence-corrected chi connectivity index (χ3v) is 4.27. The van der Waals surface area contributed by atoms with Gasteiger partial charge in [-0.15, -0.1) is 0 Å². The minimum Gasteiger partial charge on any atom is -0.484 e. The maximum absolute atomic E-state index is 12.0. The van der Waals surface area contributed by atoms with Crippen LogP contribution in [0.15, 0.2) is 48.5 Å². The highest BCUT2D eigenvalue weighted by Crippen LogP contribution is 2.21. The van der Waals surface area contributed by atoms with Crippen molar-refractivity contribution in [2.45, 2.75) is 39.5 Å². The van der Waals surface area contributed by atoms with E-state index in [1.165, 1.54) is 5.56 Å². The number of esters is 1. The summed E-state index contributed by atoms with van der Waals surface area (Å²) in [5.41, 5.74) is 2.31. The molecule has 0 saturated carbocycles. The van der Waals surface area contributed by atoms with Crippen molar-refractivity contribution >= 4 is 17.6 Å². The minimum atomic E-state index is -0.362. The van der Waals surface area contributed by atoms with Gasteiger partial charge in [0.2, 0.25) is 0 Å². The lowest BCUT2D eigenvalue weighted by molar-refractivity contribution is -0.118. The lowest BCUT2D eigenvalue weighted by Gasteiger charge is -2.11. The molecule has 1 amide bonds. The zero-order chi connectivity index (χ0) is 19.6. The standard InChI is InChI=1S/C22H27NO4/c1-4-14-26-22(25)18-6-10-19(11-7-18)23-21(24)15-27-20-12-8-17(9-13-20)16(3)5-2/h6-13,16H,4-5,14-15H2,1-3H3,(H,23,24)/t16-/m0/s1. The van der Waals surface area contributed by atoms with Gasteiger partial charge in [-0.1, -0.05) is 32.9 Å². The van der Waals surface area contributed by atoms with Crippen molar-refractivity contribution in [2.24, 2.45) is 0 Å². The normalized spacial score (nSPS) is 11.5. The van der Waals surface area contributed by atoms with Crippen molar-refractivity contribution in [2.75, 3.05) is 18.5 Å². The van der Waals surface area contributed by atoms with E-state index in [-0.39, 0.29) is 18.5 Å². The largest absolute Gasteiger partial charge is 0.484 e. The smallest absolute Gasteiger partial charge is 0.338 e. The molecule has 27 heavy (non-hydrogen) atoms. The Morgan fingerprint density at radius 1 is 1.00 bits per heavy atom. The van der Waals surface area contributed by atoms with Crippen LogP contribution >= 0.6 is 0 Å². The molecule has 2 aromatic carbocycles. The van der Waals surface area contributed by atoms with Gasteiger partial charge in [0.1, 0.15) is 5.75 Å². The van der Waals surface area contributed by atoms with E-state index in [2.05, 4.69) is 19.2 Å². The summed E-state index contributed by atoms with van der Waals surface area (Å²) in [6.07, 6.45) is 1.86. The number of nitrogens with one attached hydrogen (secondary N) is 1. The summed E-state index contributed by atoms with van der Waals surface area (Å²) in [6.45, 7) is 6.59. The zero-order valence-electron chi connectivity index (χ0n) is 16.2. The van der Waals surface area contributed by atoms with Gasteiger partial charge < -0.3 is 14.8 Å². The number of amides is 1. The third kappa shape index (κ3) is 6.44. The third-order valence-electron chi connectivity index (χ3n) is 4.27. The number of carbonyl (C=O) groups is 2. The Morgan fingerprint density at radius 2 is 1.67 bits per heavy atom. The average molecular weight is 369 g/mol. The number of rotatable bonds is 9. The van der Waals surface area contributed by atoms with Gasteiger partial charge in [0.25, 0.3) is 5.91 Å². The molecule has 0 aromatic heterocycles. The van der Waals surface area contributed by atoms with Crippen molar-refractivity contribution in [1.82, 2.24) is 0 Å². The fraction of sp³-hybridized carbons (Fsp3) is 0.364. The number of benzene rings is 2. The molecule has 5 nitrogen and oxygen atoms in total. The number of anilines is 1. The van der Waals surface area contributed by atoms with Gasteiger partial charge in [-0.25, -0.2) is 4.79 Å². The quantitative estimate of drug-likeness (QED) is 0.646. The molecule has 0 aliphatic carbocycles. The van der Waals surface area contributed by atoms with E-state index >= 15 is 0 Å². The van der Waals surface area contributed by atoms with Gasteiger partial charge in [0, 0.05) is 5.69 Å². The van der Waals surface area contributed by atoms with Crippen LogP contribution in [0.3, 0.4) is 0 Å². The van der Waals surface area contributed by atoms with Crippen molar-refractivity contribution in [3.8, 4) is 5.75 Å². The maximum Gasteiger partial charge on any atom is 0.338 e. The molecule has 144 valence electrons. The molecule has 0 bridgehead atoms. The van der Waals surface area contributed by atoms with Gasteiger partial charge in [-0.05, 0) is 60.7 Å². The van der Waals surface area contributed by atoms with Crippen LogP contribution in [0.1, 0.15) is 55.5 Å². The second-order valence-electron chi connectivity index (χ2n) is 6.43. The Bertz CT molecular complexity index is 738. The highest BCUT2D eigenvalue weighted by atomic mass is 16.5. The molecule has 0 aliphatic rings. The van der Waals surface area contributed by atoms with E-state index in [1.54, 1.807) is 24.3 Å². The van der Waals surface area contributed by atoms with E-state index in [4.69, 9.17) is 9.47 Å². The molecular weight excluding hydrogens is 342 g/mol. The van der Waals surface area contributed by atoms with Gasteiger partial charge in [-0.3, -0.25) is 4.79 Å². The van der Waals surface area contributed by atoms with Gasteiger partial charge in [0.15, 0.2) is 6.61 Å². The molecule has 0 heterocycles.